The molecule has 4 rings (SSSR count). The van der Waals surface area contributed by atoms with Crippen LogP contribution in [0.1, 0.15) is 76.8 Å². The minimum absolute atomic E-state index is 0.0211. The predicted molar refractivity (Wildman–Crippen MR) is 171 cm³/mol. The van der Waals surface area contributed by atoms with Crippen LogP contribution in [0.15, 0.2) is 84.5 Å². The predicted octanol–water partition coefficient (Wildman–Crippen LogP) is 7.86. The van der Waals surface area contributed by atoms with Crippen LogP contribution in [0.3, 0.4) is 0 Å². The van der Waals surface area contributed by atoms with E-state index in [-0.39, 0.29) is 24.2 Å². The summed E-state index contributed by atoms with van der Waals surface area (Å²) in [5, 5.41) is 9.01. The number of unbranched alkanes of at least 4 members (excludes halogenated alkanes) is 2. The molecule has 2 aliphatic rings. The number of aliphatic hydroxyl groups excluding tert-OH is 1. The molecule has 2 fully saturated rings. The average Bonchev–Trinajstić information content (AvgIpc) is 2.99. The van der Waals surface area contributed by atoms with Crippen molar-refractivity contribution in [3.63, 3.8) is 0 Å². The van der Waals surface area contributed by atoms with Crippen molar-refractivity contribution in [3.8, 4) is 0 Å². The first-order chi connectivity index (χ1) is 20.8. The van der Waals surface area contributed by atoms with E-state index in [1.54, 1.807) is 0 Å². The Labute approximate surface area is 258 Å². The molecule has 1 saturated heterocycles. The summed E-state index contributed by atoms with van der Waals surface area (Å²) in [4.78, 5) is 15.7. The number of carbonyl (C=O) groups excluding carboxylic acids is 1. The summed E-state index contributed by atoms with van der Waals surface area (Å²) < 4.78 is 18.9. The number of hydrogen-bond donors (Lipinski definition) is 1. The molecule has 6 heteroatoms. The first-order valence-electron chi connectivity index (χ1n) is 16.0. The quantitative estimate of drug-likeness (QED) is 0.179. The van der Waals surface area contributed by atoms with Gasteiger partial charge in [0.1, 0.15) is 5.60 Å². The second-order valence-electron chi connectivity index (χ2n) is 13.1. The molecule has 1 heterocycles. The van der Waals surface area contributed by atoms with E-state index >= 15 is 0 Å². The van der Waals surface area contributed by atoms with Gasteiger partial charge in [-0.15, -0.1) is 0 Å². The lowest BCUT2D eigenvalue weighted by atomic mass is 9.63. The molecular weight excluding hydrogens is 538 g/mol. The van der Waals surface area contributed by atoms with Gasteiger partial charge in [-0.3, -0.25) is 0 Å². The summed E-state index contributed by atoms with van der Waals surface area (Å²) in [6.45, 7) is 8.65. The van der Waals surface area contributed by atoms with E-state index in [4.69, 9.17) is 19.3 Å². The molecule has 2 bridgehead atoms. The number of fused-ring (bicyclic) bond motifs is 2. The van der Waals surface area contributed by atoms with Gasteiger partial charge < -0.3 is 24.2 Å². The Kier molecular flexibility index (Phi) is 12.4. The zero-order chi connectivity index (χ0) is 30.5. The average molecular weight is 590 g/mol. The van der Waals surface area contributed by atoms with Gasteiger partial charge >= 0.3 is 6.09 Å². The highest BCUT2D eigenvalue weighted by Crippen LogP contribution is 2.48. The van der Waals surface area contributed by atoms with Crippen molar-refractivity contribution in [1.29, 1.82) is 0 Å². The monoisotopic (exact) mass is 589 g/mol. The molecule has 1 aliphatic carbocycles. The van der Waals surface area contributed by atoms with Gasteiger partial charge in [-0.05, 0) is 82.8 Å². The van der Waals surface area contributed by atoms with Crippen LogP contribution >= 0.6 is 0 Å². The number of aliphatic hydroxyl groups is 1. The molecule has 234 valence electrons. The van der Waals surface area contributed by atoms with Crippen LogP contribution < -0.4 is 0 Å². The number of allylic oxidation sites excluding steroid dienone is 3. The number of likely N-dealkylation sites (tertiary alicyclic amines) is 1. The van der Waals surface area contributed by atoms with E-state index in [2.05, 4.69) is 42.5 Å². The van der Waals surface area contributed by atoms with Gasteiger partial charge in [0, 0.05) is 18.6 Å². The second kappa shape index (κ2) is 16.2. The minimum Gasteiger partial charge on any atom is -0.444 e. The van der Waals surface area contributed by atoms with Crippen molar-refractivity contribution in [2.45, 2.75) is 90.6 Å². The number of benzene rings is 2. The van der Waals surface area contributed by atoms with Crippen molar-refractivity contribution in [3.05, 3.63) is 95.6 Å². The molecule has 1 saturated carbocycles. The summed E-state index contributed by atoms with van der Waals surface area (Å²) in [6.07, 6.45) is 13.0. The van der Waals surface area contributed by atoms with Gasteiger partial charge in [0.25, 0.3) is 0 Å². The van der Waals surface area contributed by atoms with E-state index < -0.39 is 5.60 Å². The van der Waals surface area contributed by atoms with E-state index in [0.29, 0.717) is 38.9 Å². The number of rotatable bonds is 14. The van der Waals surface area contributed by atoms with E-state index in [0.717, 1.165) is 56.1 Å². The Morgan fingerprint density at radius 2 is 1.58 bits per heavy atom. The molecule has 2 aromatic rings. The number of amides is 1. The Bertz CT molecular complexity index is 1120. The fourth-order valence-electron chi connectivity index (χ4n) is 6.33. The summed E-state index contributed by atoms with van der Waals surface area (Å²) in [6, 6.07) is 20.5. The largest absolute Gasteiger partial charge is 0.444 e. The van der Waals surface area contributed by atoms with Crippen molar-refractivity contribution >= 4 is 6.09 Å². The second-order valence-corrected chi connectivity index (χ2v) is 13.1. The van der Waals surface area contributed by atoms with Gasteiger partial charge in [-0.1, -0.05) is 84.5 Å². The van der Waals surface area contributed by atoms with Crippen LogP contribution in [-0.2, 0) is 27.4 Å². The van der Waals surface area contributed by atoms with Crippen LogP contribution in [0.4, 0.5) is 4.79 Å². The molecule has 0 unspecified atom stereocenters. The molecule has 1 N–H and O–H groups in total. The van der Waals surface area contributed by atoms with Gasteiger partial charge in [-0.25, -0.2) is 4.79 Å². The van der Waals surface area contributed by atoms with Crippen molar-refractivity contribution < 1.29 is 24.1 Å². The Balaban J connectivity index is 1.54. The lowest BCUT2D eigenvalue weighted by Gasteiger charge is -2.54. The maximum atomic E-state index is 13.8. The minimum atomic E-state index is -0.583. The molecule has 2 aromatic carbocycles. The van der Waals surface area contributed by atoms with Gasteiger partial charge in [-0.2, -0.15) is 0 Å². The molecule has 0 spiro atoms. The first-order valence-corrected chi connectivity index (χ1v) is 16.0. The van der Waals surface area contributed by atoms with Crippen LogP contribution in [-0.4, -0.2) is 54.1 Å². The molecule has 43 heavy (non-hydrogen) atoms. The van der Waals surface area contributed by atoms with Gasteiger partial charge in [0.15, 0.2) is 0 Å². The fourth-order valence-corrected chi connectivity index (χ4v) is 6.33. The Morgan fingerprint density at radius 1 is 0.953 bits per heavy atom. The third-order valence-corrected chi connectivity index (χ3v) is 8.54. The Hall–Kier alpha value is -2.93. The van der Waals surface area contributed by atoms with E-state index in [1.165, 1.54) is 5.57 Å². The third-order valence-electron chi connectivity index (χ3n) is 8.54. The molecule has 1 amide bonds. The number of hydrogen-bond acceptors (Lipinski definition) is 5. The first kappa shape index (κ1) is 33.0. The SMILES string of the molecule is CC(C)(C)OC(=O)N1CC(COCc2ccccc2)(COCc2ccccc2)[C@H]2CC/C(=C/C/C=C\CCCCO)[C@@H]1C2. The lowest BCUT2D eigenvalue weighted by Crippen LogP contribution is -2.61. The molecule has 0 radical (unpaired) electrons. The molecule has 1 aliphatic heterocycles. The molecule has 0 aromatic heterocycles. The smallest absolute Gasteiger partial charge is 0.410 e. The number of ether oxygens (including phenoxy) is 3. The van der Waals surface area contributed by atoms with Crippen molar-refractivity contribution in [2.75, 3.05) is 26.4 Å². The van der Waals surface area contributed by atoms with E-state index in [1.807, 2.05) is 62.1 Å². The van der Waals surface area contributed by atoms with Crippen LogP contribution in [0.25, 0.3) is 0 Å². The summed E-state index contributed by atoms with van der Waals surface area (Å²) >= 11 is 0. The van der Waals surface area contributed by atoms with Gasteiger partial charge in [0.05, 0.1) is 32.5 Å². The third kappa shape index (κ3) is 10.1. The van der Waals surface area contributed by atoms with Crippen LogP contribution in [0.5, 0.6) is 0 Å². The number of nitrogens with zero attached hydrogens (tertiary/aromatic N) is 1. The lowest BCUT2D eigenvalue weighted by molar-refractivity contribution is -0.117. The summed E-state index contributed by atoms with van der Waals surface area (Å²) in [5.74, 6) is 0.369. The number of piperidine rings is 1. The van der Waals surface area contributed by atoms with Crippen LogP contribution in [0.2, 0.25) is 0 Å². The van der Waals surface area contributed by atoms with E-state index in [9.17, 15) is 4.79 Å². The van der Waals surface area contributed by atoms with Crippen molar-refractivity contribution in [1.82, 2.24) is 4.90 Å². The normalized spacial score (nSPS) is 20.9. The number of carbonyl (C=O) groups is 1. The van der Waals surface area contributed by atoms with Crippen LogP contribution in [0, 0.1) is 11.3 Å². The highest BCUT2D eigenvalue weighted by atomic mass is 16.6. The zero-order valence-electron chi connectivity index (χ0n) is 26.4. The topological polar surface area (TPSA) is 68.2 Å². The van der Waals surface area contributed by atoms with Gasteiger partial charge in [0.2, 0.25) is 0 Å². The maximum absolute atomic E-state index is 13.8. The zero-order valence-corrected chi connectivity index (χ0v) is 26.4. The molecular formula is C37H51NO5. The standard InChI is InChI=1S/C37H51NO5/c1-36(2,3)43-35(40)38-27-37(28-41-25-30-16-10-8-11-17-30,29-42-26-31-18-12-9-13-19-31)33-22-21-32(34(38)24-33)20-14-6-4-5-7-15-23-39/h4,6,8-13,16-20,33-34,39H,5,7,14-15,21-29H2,1-3H3/b6-4-,32-20-/t33-,34-/m0/s1. The van der Waals surface area contributed by atoms with Crippen molar-refractivity contribution in [2.24, 2.45) is 11.3 Å². The highest BCUT2D eigenvalue weighted by Gasteiger charge is 2.52. The highest BCUT2D eigenvalue weighted by molar-refractivity contribution is 5.69. The summed E-state index contributed by atoms with van der Waals surface area (Å²) in [5.41, 5.74) is 2.68. The fraction of sp³-hybridized carbons (Fsp3) is 0.541. The summed E-state index contributed by atoms with van der Waals surface area (Å²) in [7, 11) is 0. The molecule has 2 atom stereocenters. The Morgan fingerprint density at radius 3 is 2.16 bits per heavy atom. The maximum Gasteiger partial charge on any atom is 0.410 e. The molecule has 6 nitrogen and oxygen atoms in total.